The molecule has 3 aromatic rings. The Morgan fingerprint density at radius 1 is 1.15 bits per heavy atom. The topological polar surface area (TPSA) is 107 Å². The summed E-state index contributed by atoms with van der Waals surface area (Å²) in [5.41, 5.74) is -0.0838. The first-order chi connectivity index (χ1) is 12.4. The first-order valence-electron chi connectivity index (χ1n) is 7.36. The van der Waals surface area contributed by atoms with Crippen molar-refractivity contribution in [2.45, 2.75) is 0 Å². The van der Waals surface area contributed by atoms with Gasteiger partial charge >= 0.3 is 0 Å². The van der Waals surface area contributed by atoms with Gasteiger partial charge in [-0.05, 0) is 30.3 Å². The van der Waals surface area contributed by atoms with Gasteiger partial charge in [0.1, 0.15) is 0 Å². The van der Waals surface area contributed by atoms with Crippen LogP contribution in [0.15, 0.2) is 65.6 Å². The van der Waals surface area contributed by atoms with Crippen molar-refractivity contribution in [1.82, 2.24) is 9.78 Å². The average molecular weight is 371 g/mol. The van der Waals surface area contributed by atoms with Crippen molar-refractivity contribution in [2.24, 2.45) is 0 Å². The molecule has 0 atom stereocenters. The Hall–Kier alpha value is -3.52. The number of amides is 1. The highest BCUT2D eigenvalue weighted by Crippen LogP contribution is 2.16. The summed E-state index contributed by atoms with van der Waals surface area (Å²) < 4.78 is 1.36. The van der Waals surface area contributed by atoms with Crippen LogP contribution in [0.3, 0.4) is 0 Å². The molecule has 3 rings (SSSR count). The summed E-state index contributed by atoms with van der Waals surface area (Å²) in [6.45, 7) is 0. The van der Waals surface area contributed by atoms with Gasteiger partial charge in [0.05, 0.1) is 10.6 Å². The van der Waals surface area contributed by atoms with E-state index < -0.39 is 16.3 Å². The highest BCUT2D eigenvalue weighted by atomic mass is 35.5. The van der Waals surface area contributed by atoms with Crippen LogP contribution < -0.4 is 10.7 Å². The van der Waals surface area contributed by atoms with Gasteiger partial charge in [-0.25, -0.2) is 4.68 Å². The van der Waals surface area contributed by atoms with Crippen LogP contribution >= 0.6 is 11.6 Å². The summed E-state index contributed by atoms with van der Waals surface area (Å²) >= 11 is 5.94. The third-order valence-corrected chi connectivity index (χ3v) is 3.67. The first-order valence-corrected chi connectivity index (χ1v) is 7.73. The van der Waals surface area contributed by atoms with E-state index >= 15 is 0 Å². The van der Waals surface area contributed by atoms with E-state index in [-0.39, 0.29) is 11.4 Å². The summed E-state index contributed by atoms with van der Waals surface area (Å²) in [7, 11) is 0. The Morgan fingerprint density at radius 3 is 2.54 bits per heavy atom. The molecule has 0 radical (unpaired) electrons. The molecule has 130 valence electrons. The number of hydrogen-bond acceptors (Lipinski definition) is 5. The molecule has 0 bridgehead atoms. The molecule has 1 amide bonds. The van der Waals surface area contributed by atoms with Gasteiger partial charge in [-0.2, -0.15) is 5.10 Å². The molecule has 0 spiro atoms. The number of benzene rings is 2. The quantitative estimate of drug-likeness (QED) is 0.561. The van der Waals surface area contributed by atoms with E-state index in [1.165, 1.54) is 41.2 Å². The van der Waals surface area contributed by atoms with Gasteiger partial charge in [0.2, 0.25) is 5.43 Å². The number of hydrogen-bond donors (Lipinski definition) is 1. The molecule has 0 aliphatic rings. The van der Waals surface area contributed by atoms with Crippen molar-refractivity contribution in [3.05, 3.63) is 91.8 Å². The van der Waals surface area contributed by atoms with Crippen LogP contribution in [0.4, 0.5) is 11.4 Å². The van der Waals surface area contributed by atoms with Gasteiger partial charge in [-0.1, -0.05) is 17.7 Å². The minimum Gasteiger partial charge on any atom is -0.320 e. The maximum atomic E-state index is 12.4. The highest BCUT2D eigenvalue weighted by molar-refractivity contribution is 6.30. The van der Waals surface area contributed by atoms with Crippen molar-refractivity contribution in [1.29, 1.82) is 0 Å². The Kier molecular flexibility index (Phi) is 4.76. The first kappa shape index (κ1) is 17.3. The summed E-state index contributed by atoms with van der Waals surface area (Å²) in [5, 5.41) is 17.7. The minimum atomic E-state index is -0.722. The van der Waals surface area contributed by atoms with Crippen LogP contribution in [0.5, 0.6) is 0 Å². The zero-order valence-corrected chi connectivity index (χ0v) is 13.9. The molecule has 0 saturated heterocycles. The monoisotopic (exact) mass is 370 g/mol. The molecule has 0 aliphatic carbocycles. The Balaban J connectivity index is 1.88. The van der Waals surface area contributed by atoms with Gasteiger partial charge < -0.3 is 5.32 Å². The minimum absolute atomic E-state index is 0.107. The molecule has 0 fully saturated rings. The van der Waals surface area contributed by atoms with Gasteiger partial charge in [-0.3, -0.25) is 19.7 Å². The zero-order chi connectivity index (χ0) is 18.7. The SMILES string of the molecule is O=C(Nc1ccc([N+](=O)[O-])cc1)c1nn(-c2cccc(Cl)c2)ccc1=O. The Bertz CT molecular complexity index is 1050. The van der Waals surface area contributed by atoms with Gasteiger partial charge in [0.15, 0.2) is 5.69 Å². The molecule has 2 aromatic carbocycles. The fourth-order valence-electron chi connectivity index (χ4n) is 2.18. The van der Waals surface area contributed by atoms with E-state index in [1.807, 2.05) is 0 Å². The molecule has 1 heterocycles. The number of anilines is 1. The van der Waals surface area contributed by atoms with Crippen LogP contribution in [-0.4, -0.2) is 20.6 Å². The molecule has 0 aliphatic heterocycles. The predicted molar refractivity (Wildman–Crippen MR) is 95.9 cm³/mol. The lowest BCUT2D eigenvalue weighted by Crippen LogP contribution is -2.25. The molecular formula is C17H11ClN4O4. The van der Waals surface area contributed by atoms with Crippen molar-refractivity contribution < 1.29 is 9.72 Å². The van der Waals surface area contributed by atoms with E-state index in [0.29, 0.717) is 16.4 Å². The third-order valence-electron chi connectivity index (χ3n) is 3.43. The molecule has 0 unspecified atom stereocenters. The number of carbonyl (C=O) groups is 1. The number of nitrogens with zero attached hydrogens (tertiary/aromatic N) is 3. The molecule has 1 aromatic heterocycles. The van der Waals surface area contributed by atoms with Gasteiger partial charge in [-0.15, -0.1) is 0 Å². The number of nitro groups is 1. The normalized spacial score (nSPS) is 10.3. The second-order valence-electron chi connectivity index (χ2n) is 5.21. The number of carbonyl (C=O) groups excluding carboxylic acids is 1. The van der Waals surface area contributed by atoms with Gasteiger partial charge in [0.25, 0.3) is 11.6 Å². The highest BCUT2D eigenvalue weighted by Gasteiger charge is 2.14. The maximum Gasteiger partial charge on any atom is 0.280 e. The van der Waals surface area contributed by atoms with E-state index in [1.54, 1.807) is 24.3 Å². The average Bonchev–Trinajstić information content (AvgIpc) is 2.62. The van der Waals surface area contributed by atoms with E-state index in [4.69, 9.17) is 11.6 Å². The number of halogens is 1. The fourth-order valence-corrected chi connectivity index (χ4v) is 2.37. The van der Waals surface area contributed by atoms with Crippen molar-refractivity contribution in [3.63, 3.8) is 0 Å². The van der Waals surface area contributed by atoms with Crippen LogP contribution in [-0.2, 0) is 0 Å². The molecule has 26 heavy (non-hydrogen) atoms. The Morgan fingerprint density at radius 2 is 1.88 bits per heavy atom. The number of nitrogens with one attached hydrogen (secondary N) is 1. The molecule has 8 nitrogen and oxygen atoms in total. The summed E-state index contributed by atoms with van der Waals surface area (Å²) in [4.78, 5) is 34.5. The standard InChI is InChI=1S/C17H11ClN4O4/c18-11-2-1-3-14(10-11)21-9-8-15(23)16(20-21)17(24)19-12-4-6-13(7-5-12)22(25)26/h1-10H,(H,19,24). The summed E-state index contributed by atoms with van der Waals surface area (Å²) in [6, 6.07) is 13.2. The summed E-state index contributed by atoms with van der Waals surface area (Å²) in [6.07, 6.45) is 1.43. The van der Waals surface area contributed by atoms with Crippen LogP contribution in [0.25, 0.3) is 5.69 Å². The van der Waals surface area contributed by atoms with Gasteiger partial charge in [0, 0.05) is 35.1 Å². The Labute approximate surface area is 151 Å². The maximum absolute atomic E-state index is 12.4. The lowest BCUT2D eigenvalue weighted by atomic mass is 10.2. The fraction of sp³-hybridized carbons (Fsp3) is 0. The number of aromatic nitrogens is 2. The van der Waals surface area contributed by atoms with E-state index in [0.717, 1.165) is 0 Å². The summed E-state index contributed by atoms with van der Waals surface area (Å²) in [5.74, 6) is -0.722. The molecule has 1 N–H and O–H groups in total. The second kappa shape index (κ2) is 7.16. The smallest absolute Gasteiger partial charge is 0.280 e. The zero-order valence-electron chi connectivity index (χ0n) is 13.1. The van der Waals surface area contributed by atoms with Crippen LogP contribution in [0, 0.1) is 10.1 Å². The lowest BCUT2D eigenvalue weighted by Gasteiger charge is -2.08. The number of nitro benzene ring substituents is 1. The van der Waals surface area contributed by atoms with E-state index in [9.17, 15) is 19.7 Å². The van der Waals surface area contributed by atoms with E-state index in [2.05, 4.69) is 10.4 Å². The van der Waals surface area contributed by atoms with Crippen molar-refractivity contribution in [2.75, 3.05) is 5.32 Å². The molecule has 9 heteroatoms. The van der Waals surface area contributed by atoms with Crippen LogP contribution in [0.2, 0.25) is 5.02 Å². The van der Waals surface area contributed by atoms with Crippen LogP contribution in [0.1, 0.15) is 10.5 Å². The number of rotatable bonds is 4. The lowest BCUT2D eigenvalue weighted by molar-refractivity contribution is -0.384. The molecular weight excluding hydrogens is 360 g/mol. The second-order valence-corrected chi connectivity index (χ2v) is 5.65. The largest absolute Gasteiger partial charge is 0.320 e. The molecule has 0 saturated carbocycles. The van der Waals surface area contributed by atoms with Crippen molar-refractivity contribution >= 4 is 28.9 Å². The van der Waals surface area contributed by atoms with Crippen molar-refractivity contribution in [3.8, 4) is 5.69 Å². The number of non-ortho nitro benzene ring substituents is 1. The third kappa shape index (κ3) is 3.76. The predicted octanol–water partition coefficient (Wildman–Crippen LogP) is 3.05.